The van der Waals surface area contributed by atoms with Crippen LogP contribution in [0.25, 0.3) is 0 Å². The van der Waals surface area contributed by atoms with E-state index in [1.54, 1.807) is 12.4 Å². The van der Waals surface area contributed by atoms with Crippen molar-refractivity contribution in [3.8, 4) is 5.75 Å². The molecule has 0 amide bonds. The number of benzene rings is 1. The maximum atomic E-state index is 13.8. The van der Waals surface area contributed by atoms with E-state index in [4.69, 9.17) is 4.74 Å². The normalized spacial score (nSPS) is 10.2. The number of halogens is 1. The van der Waals surface area contributed by atoms with E-state index in [1.165, 1.54) is 13.2 Å². The summed E-state index contributed by atoms with van der Waals surface area (Å²) in [7, 11) is 1.31. The molecule has 0 spiro atoms. The van der Waals surface area contributed by atoms with Gasteiger partial charge < -0.3 is 10.1 Å². The van der Waals surface area contributed by atoms with Crippen molar-refractivity contribution in [3.63, 3.8) is 0 Å². The summed E-state index contributed by atoms with van der Waals surface area (Å²) in [5, 5.41) is 13.7. The highest BCUT2D eigenvalue weighted by Gasteiger charge is 2.18. The molecule has 1 aromatic carbocycles. The van der Waals surface area contributed by atoms with Gasteiger partial charge in [0, 0.05) is 25.0 Å². The predicted molar refractivity (Wildman–Crippen MR) is 76.0 cm³/mol. The van der Waals surface area contributed by atoms with Crippen LogP contribution in [-0.2, 0) is 6.42 Å². The quantitative estimate of drug-likeness (QED) is 0.654. The maximum Gasteiger partial charge on any atom is 0.313 e. The zero-order valence-corrected chi connectivity index (χ0v) is 11.4. The van der Waals surface area contributed by atoms with Crippen LogP contribution < -0.4 is 10.1 Å². The van der Waals surface area contributed by atoms with Crippen molar-refractivity contribution in [2.24, 2.45) is 0 Å². The van der Waals surface area contributed by atoms with E-state index >= 15 is 0 Å². The molecule has 0 bridgehead atoms. The second-order valence-corrected chi connectivity index (χ2v) is 4.29. The summed E-state index contributed by atoms with van der Waals surface area (Å²) in [4.78, 5) is 14.0. The van der Waals surface area contributed by atoms with Crippen molar-refractivity contribution < 1.29 is 14.1 Å². The molecule has 0 unspecified atom stereocenters. The molecule has 0 fully saturated rings. The zero-order valence-electron chi connectivity index (χ0n) is 11.4. The molecular formula is C14H14FN3O3. The van der Waals surface area contributed by atoms with E-state index in [2.05, 4.69) is 10.3 Å². The van der Waals surface area contributed by atoms with Gasteiger partial charge in [0.2, 0.25) is 0 Å². The molecule has 1 aromatic heterocycles. The van der Waals surface area contributed by atoms with Crippen LogP contribution in [-0.4, -0.2) is 23.6 Å². The van der Waals surface area contributed by atoms with E-state index in [1.807, 2.05) is 12.1 Å². The van der Waals surface area contributed by atoms with E-state index in [0.29, 0.717) is 13.0 Å². The highest BCUT2D eigenvalue weighted by molar-refractivity contribution is 5.59. The fourth-order valence-corrected chi connectivity index (χ4v) is 1.88. The van der Waals surface area contributed by atoms with Gasteiger partial charge >= 0.3 is 5.69 Å². The number of ether oxygens (including phenoxy) is 1. The molecule has 0 atom stereocenters. The molecule has 21 heavy (non-hydrogen) atoms. The Morgan fingerprint density at radius 2 is 2.10 bits per heavy atom. The third-order valence-electron chi connectivity index (χ3n) is 2.94. The minimum atomic E-state index is -0.683. The summed E-state index contributed by atoms with van der Waals surface area (Å²) in [5.74, 6) is -0.662. The minimum absolute atomic E-state index is 0.0211. The van der Waals surface area contributed by atoms with Crippen LogP contribution in [0.15, 0.2) is 36.7 Å². The minimum Gasteiger partial charge on any atom is -0.490 e. The number of nitrogens with zero attached hydrogens (tertiary/aromatic N) is 2. The largest absolute Gasteiger partial charge is 0.490 e. The standard InChI is InChI=1S/C14H14FN3O3/c1-21-14-9-12(11(15)8-13(14)18(19)20)17-7-4-10-2-5-16-6-3-10/h2-3,5-6,8-9,17H,4,7H2,1H3. The Hall–Kier alpha value is -2.70. The van der Waals surface area contributed by atoms with Gasteiger partial charge in [0.05, 0.1) is 23.8 Å². The molecular weight excluding hydrogens is 277 g/mol. The molecule has 0 aliphatic rings. The Balaban J connectivity index is 2.08. The summed E-state index contributed by atoms with van der Waals surface area (Å²) < 4.78 is 18.7. The van der Waals surface area contributed by atoms with Gasteiger partial charge in [-0.2, -0.15) is 0 Å². The number of hydrogen-bond donors (Lipinski definition) is 1. The molecule has 7 heteroatoms. The topological polar surface area (TPSA) is 77.3 Å². The predicted octanol–water partition coefficient (Wildman–Crippen LogP) is 2.79. The van der Waals surface area contributed by atoms with Gasteiger partial charge in [-0.3, -0.25) is 15.1 Å². The highest BCUT2D eigenvalue weighted by Crippen LogP contribution is 2.32. The summed E-state index contributed by atoms with van der Waals surface area (Å²) in [6.45, 7) is 0.488. The Kier molecular flexibility index (Phi) is 4.65. The molecule has 0 aliphatic heterocycles. The van der Waals surface area contributed by atoms with Crippen molar-refractivity contribution in [3.05, 3.63) is 58.2 Å². The average Bonchev–Trinajstić information content (AvgIpc) is 2.49. The van der Waals surface area contributed by atoms with Gasteiger partial charge in [-0.05, 0) is 24.1 Å². The molecule has 110 valence electrons. The Labute approximate surface area is 120 Å². The lowest BCUT2D eigenvalue weighted by molar-refractivity contribution is -0.385. The van der Waals surface area contributed by atoms with E-state index in [9.17, 15) is 14.5 Å². The number of pyridine rings is 1. The van der Waals surface area contributed by atoms with Crippen LogP contribution in [0.4, 0.5) is 15.8 Å². The fourth-order valence-electron chi connectivity index (χ4n) is 1.88. The molecule has 2 rings (SSSR count). The zero-order chi connectivity index (χ0) is 15.2. The van der Waals surface area contributed by atoms with Crippen molar-refractivity contribution >= 4 is 11.4 Å². The van der Waals surface area contributed by atoms with Gasteiger partial charge in [0.1, 0.15) is 0 Å². The second kappa shape index (κ2) is 6.65. The molecule has 6 nitrogen and oxygen atoms in total. The first-order valence-corrected chi connectivity index (χ1v) is 6.26. The first-order chi connectivity index (χ1) is 10.1. The summed E-state index contributed by atoms with van der Waals surface area (Å²) >= 11 is 0. The van der Waals surface area contributed by atoms with Crippen molar-refractivity contribution in [2.45, 2.75) is 6.42 Å². The summed E-state index contributed by atoms with van der Waals surface area (Å²) in [5.41, 5.74) is 0.841. The molecule has 0 saturated heterocycles. The molecule has 0 radical (unpaired) electrons. The first kappa shape index (κ1) is 14.7. The van der Waals surface area contributed by atoms with Crippen molar-refractivity contribution in [1.29, 1.82) is 0 Å². The number of methoxy groups -OCH3 is 1. The number of nitrogens with one attached hydrogen (secondary N) is 1. The van der Waals surface area contributed by atoms with Crippen LogP contribution in [0.1, 0.15) is 5.56 Å². The maximum absolute atomic E-state index is 13.8. The van der Waals surface area contributed by atoms with Crippen LogP contribution >= 0.6 is 0 Å². The Morgan fingerprint density at radius 3 is 2.71 bits per heavy atom. The summed E-state index contributed by atoms with van der Waals surface area (Å²) in [6.07, 6.45) is 4.05. The third-order valence-corrected chi connectivity index (χ3v) is 2.94. The lowest BCUT2D eigenvalue weighted by Crippen LogP contribution is -2.07. The molecule has 1 N–H and O–H groups in total. The van der Waals surface area contributed by atoms with Gasteiger partial charge in [0.15, 0.2) is 11.6 Å². The van der Waals surface area contributed by atoms with Crippen molar-refractivity contribution in [1.82, 2.24) is 4.98 Å². The smallest absolute Gasteiger partial charge is 0.313 e. The SMILES string of the molecule is COc1cc(NCCc2ccncc2)c(F)cc1[N+](=O)[O-]. The van der Waals surface area contributed by atoms with Gasteiger partial charge in [-0.1, -0.05) is 0 Å². The van der Waals surface area contributed by atoms with Crippen molar-refractivity contribution in [2.75, 3.05) is 19.0 Å². The number of anilines is 1. The Bertz CT molecular complexity index is 635. The molecule has 2 aromatic rings. The molecule has 0 aliphatic carbocycles. The average molecular weight is 291 g/mol. The van der Waals surface area contributed by atoms with Gasteiger partial charge in [-0.15, -0.1) is 0 Å². The van der Waals surface area contributed by atoms with E-state index < -0.39 is 16.4 Å². The lowest BCUT2D eigenvalue weighted by Gasteiger charge is -2.10. The number of aromatic nitrogens is 1. The number of nitro benzene ring substituents is 1. The Morgan fingerprint density at radius 1 is 1.38 bits per heavy atom. The molecule has 1 heterocycles. The van der Waals surface area contributed by atoms with Crippen LogP contribution in [0, 0.1) is 15.9 Å². The second-order valence-electron chi connectivity index (χ2n) is 4.29. The van der Waals surface area contributed by atoms with E-state index in [-0.39, 0.29) is 11.4 Å². The number of hydrogen-bond acceptors (Lipinski definition) is 5. The lowest BCUT2D eigenvalue weighted by atomic mass is 10.2. The highest BCUT2D eigenvalue weighted by atomic mass is 19.1. The van der Waals surface area contributed by atoms with Gasteiger partial charge in [-0.25, -0.2) is 4.39 Å². The van der Waals surface area contributed by atoms with Gasteiger partial charge in [0.25, 0.3) is 0 Å². The third kappa shape index (κ3) is 3.65. The van der Waals surface area contributed by atoms with E-state index in [0.717, 1.165) is 11.6 Å². The van der Waals surface area contributed by atoms with Crippen LogP contribution in [0.5, 0.6) is 5.75 Å². The summed E-state index contributed by atoms with van der Waals surface area (Å²) in [6, 6.07) is 5.89. The monoisotopic (exact) mass is 291 g/mol. The molecule has 0 saturated carbocycles. The fraction of sp³-hybridized carbons (Fsp3) is 0.214. The van der Waals surface area contributed by atoms with Crippen LogP contribution in [0.2, 0.25) is 0 Å². The van der Waals surface area contributed by atoms with Crippen LogP contribution in [0.3, 0.4) is 0 Å². The first-order valence-electron chi connectivity index (χ1n) is 6.26. The number of rotatable bonds is 6. The number of nitro groups is 1.